The number of amides is 1. The van der Waals surface area contributed by atoms with E-state index in [-0.39, 0.29) is 13.4 Å². The van der Waals surface area contributed by atoms with Crippen molar-refractivity contribution in [1.82, 2.24) is 5.32 Å². The summed E-state index contributed by atoms with van der Waals surface area (Å²) >= 11 is 8.06. The summed E-state index contributed by atoms with van der Waals surface area (Å²) in [5.41, 5.74) is -0.393. The maximum absolute atomic E-state index is 12.6. The van der Waals surface area contributed by atoms with Crippen molar-refractivity contribution in [3.8, 4) is 5.75 Å². The molecule has 1 N–H and O–H groups in total. The molecule has 0 saturated carbocycles. The topological polar surface area (TPSA) is 106 Å². The zero-order valence-electron chi connectivity index (χ0n) is 23.7. The van der Waals surface area contributed by atoms with E-state index >= 15 is 0 Å². The second-order valence-corrected chi connectivity index (χ2v) is 13.3. The molecule has 0 saturated heterocycles. The Balaban J connectivity index is 2.22. The van der Waals surface area contributed by atoms with Crippen molar-refractivity contribution in [1.29, 1.82) is 0 Å². The minimum Gasteiger partial charge on any atom is -0.466 e. The molecule has 0 bridgehead atoms. The van der Waals surface area contributed by atoms with Crippen molar-refractivity contribution >= 4 is 43.0 Å². The predicted octanol–water partition coefficient (Wildman–Crippen LogP) is 7.66. The van der Waals surface area contributed by atoms with Crippen molar-refractivity contribution in [3.05, 3.63) is 58.4 Å². The number of phosphoric acid groups is 1. The Morgan fingerprint density at radius 2 is 1.80 bits per heavy atom. The minimum absolute atomic E-state index is 0.0780. The van der Waals surface area contributed by atoms with Gasteiger partial charge in [0.25, 0.3) is 0 Å². The second kappa shape index (κ2) is 15.1. The quantitative estimate of drug-likeness (QED) is 0.130. The predicted molar refractivity (Wildman–Crippen MR) is 154 cm³/mol. The molecule has 10 nitrogen and oxygen atoms in total. The van der Waals surface area contributed by atoms with Gasteiger partial charge in [-0.1, -0.05) is 35.5 Å². The van der Waals surface area contributed by atoms with E-state index in [2.05, 4.69) is 10.2 Å². The van der Waals surface area contributed by atoms with Crippen molar-refractivity contribution < 1.29 is 37.1 Å². The van der Waals surface area contributed by atoms with Gasteiger partial charge in [0.2, 0.25) is 0 Å². The number of methoxy groups -OCH3 is 1. The summed E-state index contributed by atoms with van der Waals surface area (Å²) in [6.07, 6.45) is 0.182. The van der Waals surface area contributed by atoms with Gasteiger partial charge in [0.1, 0.15) is 11.4 Å². The molecule has 0 fully saturated rings. The number of alkyl carbamates (subject to hydrolysis) is 1. The lowest BCUT2D eigenvalue weighted by Crippen LogP contribution is -2.51. The largest absolute Gasteiger partial charge is 0.474 e. The maximum Gasteiger partial charge on any atom is 0.474 e. The van der Waals surface area contributed by atoms with Crippen LogP contribution in [0.5, 0.6) is 5.75 Å². The van der Waals surface area contributed by atoms with Gasteiger partial charge in [-0.15, -0.1) is 0 Å². The van der Waals surface area contributed by atoms with Crippen LogP contribution in [0.25, 0.3) is 4.85 Å². The first-order valence-corrected chi connectivity index (χ1v) is 14.9. The maximum atomic E-state index is 12.6. The lowest BCUT2D eigenvalue weighted by molar-refractivity contribution is 0.0389. The van der Waals surface area contributed by atoms with E-state index in [0.717, 1.165) is 15.4 Å². The van der Waals surface area contributed by atoms with Crippen molar-refractivity contribution in [2.24, 2.45) is 0 Å². The molecule has 1 amide bonds. The van der Waals surface area contributed by atoms with Crippen LogP contribution in [0.3, 0.4) is 0 Å². The van der Waals surface area contributed by atoms with Crippen LogP contribution >= 0.6 is 31.2 Å². The highest BCUT2D eigenvalue weighted by atomic mass is 35.5. The number of rotatable bonds is 14. The van der Waals surface area contributed by atoms with Crippen LogP contribution < -0.4 is 10.1 Å². The first kappa shape index (κ1) is 33.9. The van der Waals surface area contributed by atoms with Gasteiger partial charge in [-0.05, 0) is 70.4 Å². The molecule has 0 aliphatic heterocycles. The Bertz CT molecular complexity index is 1240. The van der Waals surface area contributed by atoms with E-state index in [9.17, 15) is 9.36 Å². The fourth-order valence-electron chi connectivity index (χ4n) is 3.34. The van der Waals surface area contributed by atoms with Gasteiger partial charge in [0.05, 0.1) is 18.7 Å². The van der Waals surface area contributed by atoms with E-state index in [4.69, 9.17) is 46.0 Å². The van der Waals surface area contributed by atoms with Gasteiger partial charge in [-0.2, -0.15) is 0 Å². The molecule has 0 aliphatic rings. The molecule has 0 aromatic heterocycles. The summed E-state index contributed by atoms with van der Waals surface area (Å²) in [4.78, 5) is 17.7. The number of halogens is 1. The lowest BCUT2D eigenvalue weighted by Gasteiger charge is -2.32. The molecule has 13 heteroatoms. The Labute approximate surface area is 245 Å². The first-order valence-electron chi connectivity index (χ1n) is 12.2. The molecule has 2 rings (SSSR count). The third-order valence-electron chi connectivity index (χ3n) is 5.38. The van der Waals surface area contributed by atoms with Crippen LogP contribution in [0.2, 0.25) is 5.02 Å². The zero-order chi connectivity index (χ0) is 30.0. The van der Waals surface area contributed by atoms with Gasteiger partial charge in [0, 0.05) is 36.1 Å². The van der Waals surface area contributed by atoms with Crippen molar-refractivity contribution in [2.45, 2.75) is 61.5 Å². The molecular weight excluding hydrogens is 579 g/mol. The van der Waals surface area contributed by atoms with Crippen LogP contribution in [-0.4, -0.2) is 52.0 Å². The van der Waals surface area contributed by atoms with Crippen LogP contribution in [0.4, 0.5) is 10.5 Å². The average Bonchev–Trinajstić information content (AvgIpc) is 2.89. The van der Waals surface area contributed by atoms with E-state index in [1.54, 1.807) is 45.9 Å². The number of hydrogen-bond acceptors (Lipinski definition) is 9. The standard InChI is InChI=1S/C27H36ClN2O8PS/c1-26(2,3)38-25(31)30-27(4,17-37-39(32,34-7)35-8)14-13-19-9-11-21(16-22(19)28)40-24-15-20(29-5)10-12-23(24)36-18-33-6/h9-12,15-16H,13-14,17-18H2,1-4,6-8H3,(H,30,31)/t27-/m0/s1. The van der Waals surface area contributed by atoms with Gasteiger partial charge in [0.15, 0.2) is 12.5 Å². The molecule has 0 spiro atoms. The summed E-state index contributed by atoms with van der Waals surface area (Å²) in [5, 5.41) is 3.34. The molecule has 220 valence electrons. The Morgan fingerprint density at radius 1 is 1.10 bits per heavy atom. The highest BCUT2D eigenvalue weighted by Crippen LogP contribution is 2.48. The van der Waals surface area contributed by atoms with Crippen LogP contribution in [0.15, 0.2) is 46.2 Å². The number of phosphoric ester groups is 1. The van der Waals surface area contributed by atoms with E-state index in [1.165, 1.54) is 33.1 Å². The minimum atomic E-state index is -3.78. The number of nitrogens with one attached hydrogen (secondary N) is 1. The Morgan fingerprint density at radius 3 is 2.38 bits per heavy atom. The van der Waals surface area contributed by atoms with Crippen molar-refractivity contribution in [2.75, 3.05) is 34.7 Å². The first-order chi connectivity index (χ1) is 18.7. The van der Waals surface area contributed by atoms with Gasteiger partial charge >= 0.3 is 13.9 Å². The highest BCUT2D eigenvalue weighted by Gasteiger charge is 2.34. The highest BCUT2D eigenvalue weighted by molar-refractivity contribution is 7.99. The number of hydrogen-bond donors (Lipinski definition) is 1. The molecule has 2 aromatic rings. The monoisotopic (exact) mass is 614 g/mol. The second-order valence-electron chi connectivity index (χ2n) is 9.92. The third-order valence-corrected chi connectivity index (χ3v) is 8.10. The van der Waals surface area contributed by atoms with Gasteiger partial charge in [-0.3, -0.25) is 13.6 Å². The van der Waals surface area contributed by atoms with Crippen LogP contribution in [0.1, 0.15) is 39.7 Å². The number of ether oxygens (including phenoxy) is 3. The van der Waals surface area contributed by atoms with E-state index in [0.29, 0.717) is 29.3 Å². The number of benzene rings is 2. The molecule has 0 heterocycles. The number of nitrogens with zero attached hydrogens (tertiary/aromatic N) is 1. The Kier molecular flexibility index (Phi) is 12.8. The molecule has 1 atom stereocenters. The number of carbonyl (C=O) groups excluding carboxylic acids is 1. The molecule has 0 radical (unpaired) electrons. The Hall–Kier alpha value is -2.29. The molecule has 0 unspecified atom stereocenters. The van der Waals surface area contributed by atoms with Crippen molar-refractivity contribution in [3.63, 3.8) is 0 Å². The fraction of sp³-hybridized carbons (Fsp3) is 0.481. The molecule has 0 aliphatic carbocycles. The van der Waals surface area contributed by atoms with E-state index < -0.39 is 25.1 Å². The number of carbonyl (C=O) groups is 1. The smallest absolute Gasteiger partial charge is 0.466 e. The summed E-state index contributed by atoms with van der Waals surface area (Å²) in [7, 11) is 0.183. The zero-order valence-corrected chi connectivity index (χ0v) is 26.2. The summed E-state index contributed by atoms with van der Waals surface area (Å²) < 4.78 is 43.7. The summed E-state index contributed by atoms with van der Waals surface area (Å²) in [5.74, 6) is 0.591. The normalized spacial score (nSPS) is 13.3. The number of aryl methyl sites for hydroxylation is 1. The van der Waals surface area contributed by atoms with Gasteiger partial charge < -0.3 is 19.5 Å². The fourth-order valence-corrected chi connectivity index (χ4v) is 5.46. The average molecular weight is 615 g/mol. The summed E-state index contributed by atoms with van der Waals surface area (Å²) in [6, 6.07) is 10.8. The lowest BCUT2D eigenvalue weighted by atomic mass is 9.94. The SMILES string of the molecule is [C-]#[N+]c1ccc(OCOC)c(Sc2ccc(CC[C@@](C)(COP(=O)(OC)OC)NC(=O)OC(C)(C)C)c(Cl)c2)c1. The summed E-state index contributed by atoms with van der Waals surface area (Å²) in [6.45, 7) is 14.2. The van der Waals surface area contributed by atoms with Crippen LogP contribution in [0, 0.1) is 6.57 Å². The third kappa shape index (κ3) is 10.9. The molecule has 2 aromatic carbocycles. The molecular formula is C27H36ClN2O8PS. The van der Waals surface area contributed by atoms with E-state index in [1.807, 2.05) is 18.2 Å². The van der Waals surface area contributed by atoms with Gasteiger partial charge in [-0.25, -0.2) is 14.2 Å². The molecule has 40 heavy (non-hydrogen) atoms. The van der Waals surface area contributed by atoms with Crippen LogP contribution in [-0.2, 0) is 34.0 Å².